The van der Waals surface area contributed by atoms with E-state index in [4.69, 9.17) is 12.2 Å². The lowest BCUT2D eigenvalue weighted by Gasteiger charge is -2.09. The molecule has 98 valence electrons. The number of hydrogen-bond acceptors (Lipinski definition) is 2. The van der Waals surface area contributed by atoms with Crippen LogP contribution in [0.1, 0.15) is 5.69 Å². The van der Waals surface area contributed by atoms with Crippen LogP contribution in [0.5, 0.6) is 0 Å². The van der Waals surface area contributed by atoms with E-state index in [2.05, 4.69) is 41.9 Å². The van der Waals surface area contributed by atoms with Crippen molar-refractivity contribution in [2.75, 3.05) is 0 Å². The van der Waals surface area contributed by atoms with E-state index in [9.17, 15) is 0 Å². The summed E-state index contributed by atoms with van der Waals surface area (Å²) < 4.78 is 6.41. The quantitative estimate of drug-likeness (QED) is 0.619. The fraction of sp³-hybridized carbons (Fsp3) is 0.167. The summed E-state index contributed by atoms with van der Waals surface area (Å²) >= 11 is 12.6. The molecule has 0 radical (unpaired) electrons. The average molecular weight is 402 g/mol. The first kappa shape index (κ1) is 13.1. The van der Waals surface area contributed by atoms with Crippen LogP contribution >= 0.6 is 44.1 Å². The minimum atomic E-state index is 0.652. The van der Waals surface area contributed by atoms with E-state index in [1.807, 2.05) is 41.4 Å². The Balaban J connectivity index is 2.50. The Bertz CT molecular complexity index is 823. The van der Waals surface area contributed by atoms with E-state index in [0.717, 1.165) is 31.5 Å². The number of nitrogens with one attached hydrogen (secondary N) is 1. The molecule has 1 aromatic carbocycles. The zero-order valence-electron chi connectivity index (χ0n) is 10.2. The van der Waals surface area contributed by atoms with Gasteiger partial charge in [-0.1, -0.05) is 6.07 Å². The van der Waals surface area contributed by atoms with Gasteiger partial charge in [0.25, 0.3) is 0 Å². The van der Waals surface area contributed by atoms with Crippen molar-refractivity contribution >= 4 is 55.2 Å². The number of imidazole rings is 1. The van der Waals surface area contributed by atoms with Crippen molar-refractivity contribution in [3.8, 4) is 5.69 Å². The zero-order chi connectivity index (χ0) is 13.7. The molecule has 3 aromatic rings. The molecule has 1 N–H and O–H groups in total. The number of halogens is 2. The molecule has 0 saturated carbocycles. The van der Waals surface area contributed by atoms with Gasteiger partial charge < -0.3 is 4.98 Å². The maximum absolute atomic E-state index is 5.45. The summed E-state index contributed by atoms with van der Waals surface area (Å²) in [5.41, 5.74) is 3.83. The van der Waals surface area contributed by atoms with Gasteiger partial charge >= 0.3 is 0 Å². The highest BCUT2D eigenvalue weighted by atomic mass is 79.9. The van der Waals surface area contributed by atoms with Gasteiger partial charge in [0.1, 0.15) is 5.52 Å². The van der Waals surface area contributed by atoms with Crippen LogP contribution in [0.25, 0.3) is 16.9 Å². The maximum atomic E-state index is 5.45. The molecule has 3 rings (SSSR count). The summed E-state index contributed by atoms with van der Waals surface area (Å²) in [4.78, 5) is 3.22. The second kappa shape index (κ2) is 4.57. The van der Waals surface area contributed by atoms with E-state index >= 15 is 0 Å². The van der Waals surface area contributed by atoms with Crippen molar-refractivity contribution < 1.29 is 0 Å². The lowest BCUT2D eigenvalue weighted by atomic mass is 10.3. The van der Waals surface area contributed by atoms with Gasteiger partial charge in [0, 0.05) is 16.0 Å². The topological polar surface area (TPSA) is 38.5 Å². The fourth-order valence-electron chi connectivity index (χ4n) is 2.22. The number of aryl methyl sites for hydroxylation is 2. The third kappa shape index (κ3) is 1.91. The lowest BCUT2D eigenvalue weighted by Crippen LogP contribution is -2.02. The Kier molecular flexibility index (Phi) is 3.15. The van der Waals surface area contributed by atoms with Crippen LogP contribution in [0.2, 0.25) is 0 Å². The Morgan fingerprint density at radius 3 is 2.53 bits per heavy atom. The first-order chi connectivity index (χ1) is 9.00. The summed E-state index contributed by atoms with van der Waals surface area (Å²) in [5, 5.41) is 4.42. The molecule has 0 amide bonds. The van der Waals surface area contributed by atoms with Crippen molar-refractivity contribution in [1.82, 2.24) is 19.3 Å². The van der Waals surface area contributed by atoms with E-state index in [0.29, 0.717) is 4.77 Å². The van der Waals surface area contributed by atoms with Crippen LogP contribution in [0.3, 0.4) is 0 Å². The third-order valence-electron chi connectivity index (χ3n) is 3.00. The molecule has 0 unspecified atom stereocenters. The van der Waals surface area contributed by atoms with Crippen LogP contribution in [0.4, 0.5) is 0 Å². The van der Waals surface area contributed by atoms with Crippen LogP contribution < -0.4 is 0 Å². The first-order valence-electron chi connectivity index (χ1n) is 5.59. The van der Waals surface area contributed by atoms with E-state index in [1.165, 1.54) is 0 Å². The number of hydrogen-bond donors (Lipinski definition) is 1. The van der Waals surface area contributed by atoms with Gasteiger partial charge in [-0.2, -0.15) is 5.10 Å². The molecule has 0 spiro atoms. The number of aromatic nitrogens is 4. The SMILES string of the molecule is Cc1nn(C)c2c1[nH]c(=S)n2-c1c(Br)cccc1Br. The molecule has 0 aliphatic rings. The summed E-state index contributed by atoms with van der Waals surface area (Å²) in [5.74, 6) is 0. The molecule has 2 aromatic heterocycles. The molecule has 19 heavy (non-hydrogen) atoms. The van der Waals surface area contributed by atoms with E-state index in [1.54, 1.807) is 0 Å². The number of nitrogens with zero attached hydrogens (tertiary/aromatic N) is 3. The van der Waals surface area contributed by atoms with E-state index in [-0.39, 0.29) is 0 Å². The zero-order valence-corrected chi connectivity index (χ0v) is 14.2. The molecule has 0 atom stereocenters. The molecule has 0 aliphatic carbocycles. The van der Waals surface area contributed by atoms with Gasteiger partial charge in [0.2, 0.25) is 0 Å². The molecule has 2 heterocycles. The van der Waals surface area contributed by atoms with Crippen molar-refractivity contribution in [3.05, 3.63) is 37.6 Å². The molecule has 0 saturated heterocycles. The van der Waals surface area contributed by atoms with Gasteiger partial charge in [-0.15, -0.1) is 0 Å². The summed E-state index contributed by atoms with van der Waals surface area (Å²) in [6.07, 6.45) is 0. The normalized spacial score (nSPS) is 11.4. The minimum Gasteiger partial charge on any atom is -0.327 e. The Hall–Kier alpha value is -0.920. The summed E-state index contributed by atoms with van der Waals surface area (Å²) in [6, 6.07) is 5.95. The number of rotatable bonds is 1. The minimum absolute atomic E-state index is 0.652. The fourth-order valence-corrected chi connectivity index (χ4v) is 3.85. The number of H-pyrrole nitrogens is 1. The largest absolute Gasteiger partial charge is 0.327 e. The molecule has 4 nitrogen and oxygen atoms in total. The molecule has 0 fully saturated rings. The van der Waals surface area contributed by atoms with Crippen molar-refractivity contribution in [3.63, 3.8) is 0 Å². The summed E-state index contributed by atoms with van der Waals surface area (Å²) in [6.45, 7) is 1.97. The number of para-hydroxylation sites is 1. The Labute approximate surface area is 131 Å². The predicted molar refractivity (Wildman–Crippen MR) is 85.4 cm³/mol. The second-order valence-electron chi connectivity index (χ2n) is 4.24. The molecule has 7 heteroatoms. The smallest absolute Gasteiger partial charge is 0.184 e. The van der Waals surface area contributed by atoms with Gasteiger partial charge in [0.05, 0.1) is 11.4 Å². The van der Waals surface area contributed by atoms with Crippen LogP contribution in [-0.4, -0.2) is 19.3 Å². The molecular formula is C12H10Br2N4S. The predicted octanol–water partition coefficient (Wildman–Crippen LogP) is 4.26. The third-order valence-corrected chi connectivity index (χ3v) is 4.56. The van der Waals surface area contributed by atoms with Crippen LogP contribution in [-0.2, 0) is 7.05 Å². The first-order valence-corrected chi connectivity index (χ1v) is 7.59. The average Bonchev–Trinajstić information content (AvgIpc) is 2.79. The molecule has 0 aliphatic heterocycles. The van der Waals surface area contributed by atoms with Gasteiger partial charge in [-0.25, -0.2) is 4.68 Å². The highest BCUT2D eigenvalue weighted by Crippen LogP contribution is 2.32. The standard InChI is InChI=1S/C12H10Br2N4S/c1-6-9-11(17(2)16-6)18(12(19)15-9)10-7(13)4-3-5-8(10)14/h3-5H,1-2H3,(H,15,19). The Morgan fingerprint density at radius 1 is 1.26 bits per heavy atom. The van der Waals surface area contributed by atoms with Gasteiger partial charge in [0.15, 0.2) is 10.4 Å². The highest BCUT2D eigenvalue weighted by Gasteiger charge is 2.17. The van der Waals surface area contributed by atoms with Crippen LogP contribution in [0.15, 0.2) is 27.1 Å². The van der Waals surface area contributed by atoms with Crippen molar-refractivity contribution in [2.45, 2.75) is 6.92 Å². The maximum Gasteiger partial charge on any atom is 0.184 e. The van der Waals surface area contributed by atoms with E-state index < -0.39 is 0 Å². The van der Waals surface area contributed by atoms with Crippen molar-refractivity contribution in [2.24, 2.45) is 7.05 Å². The van der Waals surface area contributed by atoms with Gasteiger partial charge in [-0.3, -0.25) is 4.57 Å². The second-order valence-corrected chi connectivity index (χ2v) is 6.34. The number of benzene rings is 1. The van der Waals surface area contributed by atoms with Crippen LogP contribution in [0, 0.1) is 11.7 Å². The lowest BCUT2D eigenvalue weighted by molar-refractivity contribution is 0.758. The van der Waals surface area contributed by atoms with Gasteiger partial charge in [-0.05, 0) is 63.1 Å². The number of fused-ring (bicyclic) bond motifs is 1. The molecular weight excluding hydrogens is 392 g/mol. The number of aromatic amines is 1. The Morgan fingerprint density at radius 2 is 1.89 bits per heavy atom. The summed E-state index contributed by atoms with van der Waals surface area (Å²) in [7, 11) is 1.92. The monoisotopic (exact) mass is 400 g/mol. The molecule has 0 bridgehead atoms. The highest BCUT2D eigenvalue weighted by molar-refractivity contribution is 9.11. The van der Waals surface area contributed by atoms with Crippen molar-refractivity contribution in [1.29, 1.82) is 0 Å².